The lowest BCUT2D eigenvalue weighted by Gasteiger charge is -2.08. The predicted octanol–water partition coefficient (Wildman–Crippen LogP) is 7.32. The molecule has 5 heteroatoms. The Kier molecular flexibility index (Phi) is 15.8. The molecule has 0 aliphatic rings. The van der Waals surface area contributed by atoms with Crippen molar-refractivity contribution in [2.24, 2.45) is 0 Å². The fraction of sp³-hybridized carbons (Fsp3) is 0.571. The topological polar surface area (TPSA) is 57.6 Å². The summed E-state index contributed by atoms with van der Waals surface area (Å²) in [6, 6.07) is 16.9. The third kappa shape index (κ3) is 16.6. The van der Waals surface area contributed by atoms with Gasteiger partial charge in [0.1, 0.15) is 0 Å². The van der Waals surface area contributed by atoms with Crippen LogP contribution >= 0.6 is 0 Å². The molecule has 0 heterocycles. The van der Waals surface area contributed by atoms with Crippen molar-refractivity contribution in [2.45, 2.75) is 88.9 Å². The van der Waals surface area contributed by atoms with Crippen molar-refractivity contribution < 1.29 is 13.0 Å². The van der Waals surface area contributed by atoms with Gasteiger partial charge in [0, 0.05) is 0 Å². The van der Waals surface area contributed by atoms with Gasteiger partial charge >= 0.3 is 0 Å². The molecule has 0 aliphatic heterocycles. The number of unbranched alkanes of at least 4 members (excludes halogenated alkanes) is 10. The van der Waals surface area contributed by atoms with Gasteiger partial charge < -0.3 is 4.90 Å². The van der Waals surface area contributed by atoms with Gasteiger partial charge in [0.05, 0.1) is 4.90 Å². The fourth-order valence-corrected chi connectivity index (χ4v) is 4.18. The molecule has 0 spiro atoms. The molecule has 0 aromatic heterocycles. The summed E-state index contributed by atoms with van der Waals surface area (Å²) in [5, 5.41) is 0. The van der Waals surface area contributed by atoms with Crippen LogP contribution in [0.2, 0.25) is 0 Å². The molecule has 186 valence electrons. The Morgan fingerprint density at radius 2 is 1.12 bits per heavy atom. The summed E-state index contributed by atoms with van der Waals surface area (Å²) in [5.41, 5.74) is 2.45. The maximum absolute atomic E-state index is 10.5. The Morgan fingerprint density at radius 1 is 0.667 bits per heavy atom. The number of aryl methyl sites for hydroxylation is 2. The van der Waals surface area contributed by atoms with Gasteiger partial charge in [-0.25, -0.2) is 0 Å². The Balaban J connectivity index is 0.000000412. The summed E-state index contributed by atoms with van der Waals surface area (Å²) in [6.07, 6.45) is 16.9. The second-order valence-corrected chi connectivity index (χ2v) is 10.6. The SMILES string of the molecule is CN(C)CCCCCCCCCCCCCc1ccccc1.Cc1ccc(S(=O)(=O)O)cc1. The van der Waals surface area contributed by atoms with Crippen LogP contribution in [0.25, 0.3) is 0 Å². The molecule has 1 N–H and O–H groups in total. The second-order valence-electron chi connectivity index (χ2n) is 9.22. The van der Waals surface area contributed by atoms with Crippen molar-refractivity contribution in [3.63, 3.8) is 0 Å². The van der Waals surface area contributed by atoms with Crippen molar-refractivity contribution in [3.05, 3.63) is 65.7 Å². The molecule has 2 aromatic rings. The monoisotopic (exact) mass is 475 g/mol. The van der Waals surface area contributed by atoms with E-state index in [2.05, 4.69) is 49.3 Å². The van der Waals surface area contributed by atoms with Gasteiger partial charge in [0.2, 0.25) is 0 Å². The van der Waals surface area contributed by atoms with E-state index in [0.29, 0.717) is 0 Å². The van der Waals surface area contributed by atoms with Crippen LogP contribution < -0.4 is 0 Å². The third-order valence-electron chi connectivity index (χ3n) is 5.73. The summed E-state index contributed by atoms with van der Waals surface area (Å²) in [5.74, 6) is 0. The largest absolute Gasteiger partial charge is 0.309 e. The first kappa shape index (κ1) is 29.3. The summed E-state index contributed by atoms with van der Waals surface area (Å²) < 4.78 is 29.6. The van der Waals surface area contributed by atoms with Gasteiger partial charge in [-0.15, -0.1) is 0 Å². The minimum Gasteiger partial charge on any atom is -0.309 e. The van der Waals surface area contributed by atoms with Crippen LogP contribution in [0.15, 0.2) is 59.5 Å². The first-order valence-corrected chi connectivity index (χ1v) is 14.0. The molecule has 0 saturated carbocycles. The molecule has 33 heavy (non-hydrogen) atoms. The zero-order chi connectivity index (χ0) is 24.4. The highest BCUT2D eigenvalue weighted by Crippen LogP contribution is 2.13. The number of hydrogen-bond acceptors (Lipinski definition) is 3. The molecular weight excluding hydrogens is 430 g/mol. The van der Waals surface area contributed by atoms with Gasteiger partial charge in [-0.1, -0.05) is 106 Å². The van der Waals surface area contributed by atoms with Gasteiger partial charge in [-0.05, 0) is 64.5 Å². The van der Waals surface area contributed by atoms with Crippen LogP contribution in [-0.4, -0.2) is 38.5 Å². The number of rotatable bonds is 15. The Hall–Kier alpha value is -1.69. The maximum Gasteiger partial charge on any atom is 0.294 e. The summed E-state index contributed by atoms with van der Waals surface area (Å²) in [6.45, 7) is 3.09. The molecule has 0 saturated heterocycles. The predicted molar refractivity (Wildman–Crippen MR) is 140 cm³/mol. The average molecular weight is 476 g/mol. The minimum absolute atomic E-state index is 0.0666. The van der Waals surface area contributed by atoms with E-state index in [9.17, 15) is 8.42 Å². The van der Waals surface area contributed by atoms with Crippen molar-refractivity contribution >= 4 is 10.1 Å². The van der Waals surface area contributed by atoms with Crippen LogP contribution in [-0.2, 0) is 16.5 Å². The minimum atomic E-state index is -4.02. The van der Waals surface area contributed by atoms with E-state index >= 15 is 0 Å². The van der Waals surface area contributed by atoms with E-state index in [1.54, 1.807) is 12.1 Å². The maximum atomic E-state index is 10.5. The molecule has 0 fully saturated rings. The Bertz CT molecular complexity index is 818. The lowest BCUT2D eigenvalue weighted by atomic mass is 10.0. The van der Waals surface area contributed by atoms with E-state index in [-0.39, 0.29) is 4.90 Å². The molecule has 4 nitrogen and oxygen atoms in total. The molecule has 0 amide bonds. The van der Waals surface area contributed by atoms with Crippen LogP contribution in [0.4, 0.5) is 0 Å². The number of benzene rings is 2. The smallest absolute Gasteiger partial charge is 0.294 e. The van der Waals surface area contributed by atoms with E-state index in [0.717, 1.165) is 5.56 Å². The normalized spacial score (nSPS) is 11.3. The van der Waals surface area contributed by atoms with Crippen molar-refractivity contribution in [3.8, 4) is 0 Å². The van der Waals surface area contributed by atoms with E-state index in [1.807, 2.05) is 6.92 Å². The number of nitrogens with zero attached hydrogens (tertiary/aromatic N) is 1. The molecule has 2 rings (SSSR count). The molecule has 0 unspecified atom stereocenters. The standard InChI is InChI=1S/C21H37N.C7H8O3S/c1-22(2)20-16-11-9-7-5-3-4-6-8-10-13-17-21-18-14-12-15-19-21;1-6-2-4-7(5-3-6)11(8,9)10/h12,14-15,18-19H,3-11,13,16-17,20H2,1-2H3;2-5H,1H3,(H,8,9,10). The Morgan fingerprint density at radius 3 is 1.58 bits per heavy atom. The second kappa shape index (κ2) is 17.7. The first-order chi connectivity index (χ1) is 15.8. The quantitative estimate of drug-likeness (QED) is 0.216. The number of hydrogen-bond donors (Lipinski definition) is 1. The average Bonchev–Trinajstić information content (AvgIpc) is 2.77. The van der Waals surface area contributed by atoms with E-state index in [4.69, 9.17) is 4.55 Å². The summed E-state index contributed by atoms with van der Waals surface area (Å²) >= 11 is 0. The van der Waals surface area contributed by atoms with Crippen molar-refractivity contribution in [1.29, 1.82) is 0 Å². The highest BCUT2D eigenvalue weighted by molar-refractivity contribution is 7.85. The fourth-order valence-electron chi connectivity index (χ4n) is 3.70. The summed E-state index contributed by atoms with van der Waals surface area (Å²) in [4.78, 5) is 2.22. The zero-order valence-electron chi connectivity index (χ0n) is 21.0. The van der Waals surface area contributed by atoms with Crippen molar-refractivity contribution in [1.82, 2.24) is 4.90 Å². The van der Waals surface area contributed by atoms with Crippen LogP contribution in [0.3, 0.4) is 0 Å². The van der Waals surface area contributed by atoms with Crippen LogP contribution in [0, 0.1) is 6.92 Å². The lowest BCUT2D eigenvalue weighted by molar-refractivity contribution is 0.389. The van der Waals surface area contributed by atoms with Gasteiger partial charge in [-0.3, -0.25) is 4.55 Å². The van der Waals surface area contributed by atoms with E-state index < -0.39 is 10.1 Å². The molecule has 0 atom stereocenters. The highest BCUT2D eigenvalue weighted by atomic mass is 32.2. The first-order valence-electron chi connectivity index (χ1n) is 12.5. The van der Waals surface area contributed by atoms with Crippen LogP contribution in [0.1, 0.15) is 81.8 Å². The van der Waals surface area contributed by atoms with Crippen molar-refractivity contribution in [2.75, 3.05) is 20.6 Å². The van der Waals surface area contributed by atoms with E-state index in [1.165, 1.54) is 101 Å². The molecule has 0 aliphatic carbocycles. The lowest BCUT2D eigenvalue weighted by Crippen LogP contribution is -2.12. The summed E-state index contributed by atoms with van der Waals surface area (Å²) in [7, 11) is 0.313. The van der Waals surface area contributed by atoms with Gasteiger partial charge in [0.15, 0.2) is 0 Å². The van der Waals surface area contributed by atoms with Gasteiger partial charge in [0.25, 0.3) is 10.1 Å². The third-order valence-corrected chi connectivity index (χ3v) is 6.60. The molecular formula is C28H45NO3S. The van der Waals surface area contributed by atoms with Gasteiger partial charge in [-0.2, -0.15) is 8.42 Å². The zero-order valence-corrected chi connectivity index (χ0v) is 21.8. The molecule has 0 bridgehead atoms. The highest BCUT2D eigenvalue weighted by Gasteiger charge is 2.06. The Labute approximate surface area is 203 Å². The molecule has 2 aromatic carbocycles. The molecule has 0 radical (unpaired) electrons. The van der Waals surface area contributed by atoms with Crippen LogP contribution in [0.5, 0.6) is 0 Å².